The summed E-state index contributed by atoms with van der Waals surface area (Å²) >= 11 is 5.72. The predicted molar refractivity (Wildman–Crippen MR) is 114 cm³/mol. The molecular formula is C20H26FN3O3S2. The molecule has 1 aliphatic heterocycles. The fourth-order valence-corrected chi connectivity index (χ4v) is 4.58. The standard InChI is InChI=1S/C20H26FN3O3S2/c1-6-27-17(25)12(2)9-10-23-19(28)24(18(26)20(23,3)4)14-8-7-13(11-22)16(29-5)15(14)21/h7-8,12,19,28H,6,9-10H2,1-5H3. The minimum Gasteiger partial charge on any atom is -0.466 e. The molecule has 1 aromatic rings. The first-order valence-electron chi connectivity index (χ1n) is 9.33. The van der Waals surface area contributed by atoms with E-state index in [1.54, 1.807) is 34.0 Å². The summed E-state index contributed by atoms with van der Waals surface area (Å²) in [6.45, 7) is 7.77. The monoisotopic (exact) mass is 439 g/mol. The van der Waals surface area contributed by atoms with Gasteiger partial charge < -0.3 is 4.74 Å². The van der Waals surface area contributed by atoms with E-state index in [0.717, 1.165) is 11.8 Å². The van der Waals surface area contributed by atoms with Gasteiger partial charge in [-0.15, -0.1) is 24.4 Å². The number of nitrogens with zero attached hydrogens (tertiary/aromatic N) is 3. The smallest absolute Gasteiger partial charge is 0.308 e. The molecule has 0 radical (unpaired) electrons. The summed E-state index contributed by atoms with van der Waals surface area (Å²) in [5.74, 6) is -1.52. The average Bonchev–Trinajstić information content (AvgIpc) is 2.84. The molecule has 0 spiro atoms. The number of carbonyl (C=O) groups excluding carboxylic acids is 2. The van der Waals surface area contributed by atoms with Crippen LogP contribution in [0.1, 0.15) is 39.7 Å². The maximum Gasteiger partial charge on any atom is 0.308 e. The third-order valence-corrected chi connectivity index (χ3v) is 6.44. The Morgan fingerprint density at radius 3 is 2.69 bits per heavy atom. The highest BCUT2D eigenvalue weighted by atomic mass is 32.2. The van der Waals surface area contributed by atoms with Gasteiger partial charge in [-0.3, -0.25) is 19.4 Å². The van der Waals surface area contributed by atoms with Gasteiger partial charge in [0.15, 0.2) is 5.82 Å². The number of carbonyl (C=O) groups is 2. The summed E-state index contributed by atoms with van der Waals surface area (Å²) in [4.78, 5) is 28.4. The molecule has 0 N–H and O–H groups in total. The van der Waals surface area contributed by atoms with Crippen LogP contribution in [0.25, 0.3) is 0 Å². The Hall–Kier alpha value is -1.76. The summed E-state index contributed by atoms with van der Waals surface area (Å²) in [6.07, 6.45) is 2.16. The number of rotatable bonds is 7. The average molecular weight is 440 g/mol. The number of hydrogen-bond acceptors (Lipinski definition) is 7. The SMILES string of the molecule is CCOC(=O)C(C)CCN1C(S)N(c2ccc(C#N)c(SC)c2F)C(=O)C1(C)C. The molecule has 0 aliphatic carbocycles. The van der Waals surface area contributed by atoms with Crippen molar-refractivity contribution in [3.63, 3.8) is 0 Å². The van der Waals surface area contributed by atoms with E-state index in [-0.39, 0.29) is 33.9 Å². The highest BCUT2D eigenvalue weighted by molar-refractivity contribution is 7.98. The van der Waals surface area contributed by atoms with Crippen molar-refractivity contribution in [1.82, 2.24) is 4.90 Å². The zero-order chi connectivity index (χ0) is 21.9. The third kappa shape index (κ3) is 4.39. The van der Waals surface area contributed by atoms with Crippen LogP contribution in [0.2, 0.25) is 0 Å². The van der Waals surface area contributed by atoms with E-state index in [2.05, 4.69) is 12.6 Å². The van der Waals surface area contributed by atoms with E-state index in [9.17, 15) is 14.9 Å². The highest BCUT2D eigenvalue weighted by Gasteiger charge is 2.51. The molecule has 0 bridgehead atoms. The maximum absolute atomic E-state index is 15.1. The van der Waals surface area contributed by atoms with Crippen molar-refractivity contribution in [1.29, 1.82) is 5.26 Å². The van der Waals surface area contributed by atoms with Gasteiger partial charge in [0.25, 0.3) is 0 Å². The highest BCUT2D eigenvalue weighted by Crippen LogP contribution is 2.40. The molecule has 29 heavy (non-hydrogen) atoms. The minimum atomic E-state index is -0.930. The maximum atomic E-state index is 15.1. The van der Waals surface area contributed by atoms with Gasteiger partial charge in [0.2, 0.25) is 5.91 Å². The van der Waals surface area contributed by atoms with E-state index >= 15 is 4.39 Å². The summed E-state index contributed by atoms with van der Waals surface area (Å²) in [7, 11) is 0. The number of nitriles is 1. The first kappa shape index (κ1) is 23.5. The molecular weight excluding hydrogens is 413 g/mol. The molecule has 1 fully saturated rings. The topological polar surface area (TPSA) is 73.6 Å². The fourth-order valence-electron chi connectivity index (χ4n) is 3.33. The van der Waals surface area contributed by atoms with Crippen molar-refractivity contribution >= 4 is 42.0 Å². The van der Waals surface area contributed by atoms with Crippen molar-refractivity contribution in [3.05, 3.63) is 23.5 Å². The van der Waals surface area contributed by atoms with Crippen molar-refractivity contribution in [2.24, 2.45) is 5.92 Å². The Kier molecular flexibility index (Phi) is 7.60. The quantitative estimate of drug-likeness (QED) is 0.397. The molecule has 1 aliphatic rings. The molecule has 1 aromatic carbocycles. The summed E-state index contributed by atoms with van der Waals surface area (Å²) in [5, 5.41) is 9.19. The fraction of sp³-hybridized carbons (Fsp3) is 0.550. The number of hydrogen-bond donors (Lipinski definition) is 1. The van der Waals surface area contributed by atoms with Gasteiger partial charge in [0.1, 0.15) is 11.6 Å². The van der Waals surface area contributed by atoms with Gasteiger partial charge in [0, 0.05) is 6.54 Å². The number of amides is 1. The first-order valence-corrected chi connectivity index (χ1v) is 11.1. The Balaban J connectivity index is 2.32. The number of esters is 1. The molecule has 1 amide bonds. The van der Waals surface area contributed by atoms with Crippen LogP contribution in [0.15, 0.2) is 17.0 Å². The lowest BCUT2D eigenvalue weighted by molar-refractivity contribution is -0.147. The number of thioether (sulfide) groups is 1. The zero-order valence-corrected chi connectivity index (χ0v) is 18.9. The van der Waals surface area contributed by atoms with Crippen LogP contribution in [0, 0.1) is 23.1 Å². The van der Waals surface area contributed by atoms with Crippen molar-refractivity contribution < 1.29 is 18.7 Å². The Morgan fingerprint density at radius 1 is 1.48 bits per heavy atom. The summed E-state index contributed by atoms with van der Waals surface area (Å²) < 4.78 is 20.2. The molecule has 158 valence electrons. The van der Waals surface area contributed by atoms with Gasteiger partial charge in [0.05, 0.1) is 34.2 Å². The van der Waals surface area contributed by atoms with Crippen LogP contribution in [0.4, 0.5) is 10.1 Å². The first-order chi connectivity index (χ1) is 13.6. The van der Waals surface area contributed by atoms with Gasteiger partial charge >= 0.3 is 5.97 Å². The largest absolute Gasteiger partial charge is 0.466 e. The molecule has 1 saturated heterocycles. The van der Waals surface area contributed by atoms with Gasteiger partial charge in [-0.2, -0.15) is 5.26 Å². The van der Waals surface area contributed by atoms with E-state index < -0.39 is 16.9 Å². The van der Waals surface area contributed by atoms with Gasteiger partial charge in [-0.05, 0) is 45.6 Å². The molecule has 2 unspecified atom stereocenters. The number of benzene rings is 1. The zero-order valence-electron chi connectivity index (χ0n) is 17.2. The second kappa shape index (κ2) is 9.37. The lowest BCUT2D eigenvalue weighted by Crippen LogP contribution is -2.45. The van der Waals surface area contributed by atoms with Crippen molar-refractivity contribution in [3.8, 4) is 6.07 Å². The van der Waals surface area contributed by atoms with E-state index in [1.165, 1.54) is 17.0 Å². The molecule has 2 rings (SSSR count). The normalized spacial score (nSPS) is 19.9. The summed E-state index contributed by atoms with van der Waals surface area (Å²) in [5.41, 5.74) is -1.32. The van der Waals surface area contributed by atoms with E-state index in [1.807, 2.05) is 11.0 Å². The van der Waals surface area contributed by atoms with Crippen LogP contribution in [-0.2, 0) is 14.3 Å². The van der Waals surface area contributed by atoms with Crippen molar-refractivity contribution in [2.45, 2.75) is 50.0 Å². The van der Waals surface area contributed by atoms with Crippen molar-refractivity contribution in [2.75, 3.05) is 24.3 Å². The Bertz CT molecular complexity index is 841. The molecule has 2 atom stereocenters. The van der Waals surface area contributed by atoms with Crippen LogP contribution in [0.3, 0.4) is 0 Å². The molecule has 9 heteroatoms. The lowest BCUT2D eigenvalue weighted by Gasteiger charge is -2.31. The molecule has 0 aromatic heterocycles. The van der Waals surface area contributed by atoms with Crippen LogP contribution >= 0.6 is 24.4 Å². The summed E-state index contributed by atoms with van der Waals surface area (Å²) in [6, 6.07) is 4.92. The van der Waals surface area contributed by atoms with E-state index in [4.69, 9.17) is 4.74 Å². The van der Waals surface area contributed by atoms with Crippen LogP contribution in [0.5, 0.6) is 0 Å². The second-order valence-corrected chi connectivity index (χ2v) is 8.59. The minimum absolute atomic E-state index is 0.0902. The number of anilines is 1. The predicted octanol–water partition coefficient (Wildman–Crippen LogP) is 3.65. The second-order valence-electron chi connectivity index (χ2n) is 7.31. The van der Waals surface area contributed by atoms with E-state index in [0.29, 0.717) is 19.6 Å². The number of halogens is 1. The van der Waals surface area contributed by atoms with Gasteiger partial charge in [-0.25, -0.2) is 4.39 Å². The Labute approximate surface area is 180 Å². The lowest BCUT2D eigenvalue weighted by atomic mass is 10.0. The molecule has 6 nitrogen and oxygen atoms in total. The van der Waals surface area contributed by atoms with Gasteiger partial charge in [-0.1, -0.05) is 6.92 Å². The third-order valence-electron chi connectivity index (χ3n) is 5.12. The van der Waals surface area contributed by atoms with Crippen LogP contribution < -0.4 is 4.90 Å². The Morgan fingerprint density at radius 2 is 2.14 bits per heavy atom. The molecule has 1 heterocycles. The van der Waals surface area contributed by atoms with Crippen LogP contribution in [-0.4, -0.2) is 47.2 Å². The number of thiol groups is 1. The molecule has 0 saturated carbocycles. The number of ether oxygens (including phenoxy) is 1.